The molecule has 1 aliphatic heterocycles. The molecule has 0 radical (unpaired) electrons. The van der Waals surface area contributed by atoms with Crippen LogP contribution in [0.2, 0.25) is 0 Å². The van der Waals surface area contributed by atoms with Crippen LogP contribution in [0.1, 0.15) is 27.3 Å². The van der Waals surface area contributed by atoms with Crippen LogP contribution in [-0.4, -0.2) is 37.5 Å². The number of aromatic nitrogens is 4. The number of aryl methyl sites for hydroxylation is 2. The summed E-state index contributed by atoms with van der Waals surface area (Å²) >= 11 is 0. The lowest BCUT2D eigenvalue weighted by Crippen LogP contribution is -2.31. The largest absolute Gasteiger partial charge is 0.476 e. The van der Waals surface area contributed by atoms with Gasteiger partial charge in [0.2, 0.25) is 5.82 Å². The molecule has 8 heteroatoms. The molecule has 0 fully saturated rings. The highest BCUT2D eigenvalue weighted by Crippen LogP contribution is 2.27. The summed E-state index contributed by atoms with van der Waals surface area (Å²) in [4.78, 5) is 17.8. The van der Waals surface area contributed by atoms with E-state index in [9.17, 15) is 9.90 Å². The number of anilines is 1. The summed E-state index contributed by atoms with van der Waals surface area (Å²) in [7, 11) is 1.77. The molecule has 25 heavy (non-hydrogen) atoms. The normalized spacial score (nSPS) is 13.8. The third kappa shape index (κ3) is 2.65. The van der Waals surface area contributed by atoms with Crippen LogP contribution in [0.25, 0.3) is 11.4 Å². The molecule has 1 N–H and O–H groups in total. The zero-order valence-corrected chi connectivity index (χ0v) is 13.9. The van der Waals surface area contributed by atoms with Crippen molar-refractivity contribution in [1.29, 1.82) is 0 Å². The fourth-order valence-corrected chi connectivity index (χ4v) is 3.09. The van der Waals surface area contributed by atoms with Crippen molar-refractivity contribution < 1.29 is 14.4 Å². The van der Waals surface area contributed by atoms with Crippen molar-refractivity contribution in [1.82, 2.24) is 19.9 Å². The monoisotopic (exact) mass is 339 g/mol. The summed E-state index contributed by atoms with van der Waals surface area (Å²) < 4.78 is 7.04. The average Bonchev–Trinajstić information content (AvgIpc) is 3.21. The minimum atomic E-state index is -1.02. The van der Waals surface area contributed by atoms with Gasteiger partial charge < -0.3 is 14.5 Å². The summed E-state index contributed by atoms with van der Waals surface area (Å²) in [6.45, 7) is 3.08. The summed E-state index contributed by atoms with van der Waals surface area (Å²) in [6.07, 6.45) is 0.675. The van der Waals surface area contributed by atoms with Gasteiger partial charge >= 0.3 is 12.0 Å². The molecule has 2 aromatic heterocycles. The van der Waals surface area contributed by atoms with Crippen LogP contribution in [0.4, 0.5) is 6.01 Å². The third-order valence-corrected chi connectivity index (χ3v) is 4.44. The molecular weight excluding hydrogens is 322 g/mol. The first-order valence-corrected chi connectivity index (χ1v) is 7.96. The Morgan fingerprint density at radius 2 is 2.04 bits per heavy atom. The van der Waals surface area contributed by atoms with E-state index in [0.29, 0.717) is 36.9 Å². The summed E-state index contributed by atoms with van der Waals surface area (Å²) in [6, 6.07) is 8.27. The molecule has 0 spiro atoms. The Kier molecular flexibility index (Phi) is 3.52. The van der Waals surface area contributed by atoms with E-state index in [1.54, 1.807) is 11.7 Å². The number of nitrogens with zero attached hydrogens (tertiary/aromatic N) is 5. The molecule has 0 atom stereocenters. The lowest BCUT2D eigenvalue weighted by atomic mass is 10.1. The molecule has 0 amide bonds. The molecule has 0 saturated carbocycles. The number of hydrogen-bond acceptors (Lipinski definition) is 6. The van der Waals surface area contributed by atoms with E-state index in [-0.39, 0.29) is 5.69 Å². The van der Waals surface area contributed by atoms with Crippen molar-refractivity contribution in [2.75, 3.05) is 11.4 Å². The van der Waals surface area contributed by atoms with Gasteiger partial charge in [-0.25, -0.2) is 4.79 Å². The van der Waals surface area contributed by atoms with E-state index < -0.39 is 5.97 Å². The lowest BCUT2D eigenvalue weighted by Gasteiger charge is -2.25. The summed E-state index contributed by atoms with van der Waals surface area (Å²) in [5, 5.41) is 17.5. The smallest absolute Gasteiger partial charge is 0.356 e. The van der Waals surface area contributed by atoms with Crippen LogP contribution >= 0.6 is 0 Å². The Hall–Kier alpha value is -3.16. The van der Waals surface area contributed by atoms with E-state index in [4.69, 9.17) is 4.52 Å². The first-order chi connectivity index (χ1) is 12.0. The van der Waals surface area contributed by atoms with Gasteiger partial charge in [0.15, 0.2) is 5.69 Å². The van der Waals surface area contributed by atoms with Crippen molar-refractivity contribution >= 4 is 12.0 Å². The number of benzene rings is 1. The first kappa shape index (κ1) is 15.4. The third-order valence-electron chi connectivity index (χ3n) is 4.44. The summed E-state index contributed by atoms with van der Waals surface area (Å²) in [5.41, 5.74) is 3.77. The van der Waals surface area contributed by atoms with Crippen LogP contribution in [0.3, 0.4) is 0 Å². The molecular formula is C17H17N5O3. The van der Waals surface area contributed by atoms with Crippen LogP contribution in [0.15, 0.2) is 28.8 Å². The van der Waals surface area contributed by atoms with E-state index in [1.165, 1.54) is 0 Å². The highest BCUT2D eigenvalue weighted by molar-refractivity contribution is 5.87. The van der Waals surface area contributed by atoms with Gasteiger partial charge in [-0.1, -0.05) is 35.0 Å². The van der Waals surface area contributed by atoms with E-state index >= 15 is 0 Å². The van der Waals surface area contributed by atoms with E-state index in [0.717, 1.165) is 16.8 Å². The average molecular weight is 339 g/mol. The molecule has 128 valence electrons. The molecule has 0 unspecified atom stereocenters. The molecule has 0 aliphatic carbocycles. The van der Waals surface area contributed by atoms with Crippen LogP contribution < -0.4 is 4.90 Å². The second kappa shape index (κ2) is 5.73. The minimum Gasteiger partial charge on any atom is -0.476 e. The van der Waals surface area contributed by atoms with Gasteiger partial charge in [0.25, 0.3) is 0 Å². The Balaban J connectivity index is 1.62. The lowest BCUT2D eigenvalue weighted by molar-refractivity contribution is 0.0688. The van der Waals surface area contributed by atoms with E-state index in [2.05, 4.69) is 15.2 Å². The molecule has 3 heterocycles. The van der Waals surface area contributed by atoms with Crippen LogP contribution in [-0.2, 0) is 20.0 Å². The number of carbonyl (C=O) groups is 1. The van der Waals surface area contributed by atoms with Gasteiger partial charge in [-0.3, -0.25) is 4.68 Å². The highest BCUT2D eigenvalue weighted by Gasteiger charge is 2.29. The van der Waals surface area contributed by atoms with Crippen LogP contribution in [0, 0.1) is 6.92 Å². The number of fused-ring (bicyclic) bond motifs is 1. The Bertz CT molecular complexity index is 942. The van der Waals surface area contributed by atoms with Gasteiger partial charge in [-0.05, 0) is 6.92 Å². The number of aromatic carboxylic acids is 1. The summed E-state index contributed by atoms with van der Waals surface area (Å²) in [5.74, 6) is -0.505. The van der Waals surface area contributed by atoms with Gasteiger partial charge in [0.1, 0.15) is 0 Å². The SMILES string of the molecule is Cc1ccc(-c2noc(N3CCc4c(c(C(=O)O)nn4C)C3)n2)cc1. The topological polar surface area (TPSA) is 97.3 Å². The second-order valence-electron chi connectivity index (χ2n) is 6.14. The number of rotatable bonds is 3. The molecule has 0 bridgehead atoms. The fourth-order valence-electron chi connectivity index (χ4n) is 3.09. The predicted octanol–water partition coefficient (Wildman–Crippen LogP) is 2.04. The number of carboxylic acid groups (broad SMARTS) is 1. The fraction of sp³-hybridized carbons (Fsp3) is 0.294. The van der Waals surface area contributed by atoms with Gasteiger partial charge in [-0.15, -0.1) is 0 Å². The Labute approximate surface area is 143 Å². The maximum atomic E-state index is 11.4. The number of hydrogen-bond donors (Lipinski definition) is 1. The standard InChI is InChI=1S/C17H17N5O3/c1-10-3-5-11(6-4-10)15-18-17(25-20-15)22-8-7-13-12(9-22)14(16(23)24)19-21(13)2/h3-6H,7-9H2,1-2H3,(H,23,24). The second-order valence-corrected chi connectivity index (χ2v) is 6.14. The molecule has 8 nitrogen and oxygen atoms in total. The zero-order chi connectivity index (χ0) is 17.6. The van der Waals surface area contributed by atoms with Crippen molar-refractivity contribution in [3.05, 3.63) is 46.8 Å². The minimum absolute atomic E-state index is 0.0838. The van der Waals surface area contributed by atoms with Gasteiger partial charge in [0, 0.05) is 36.8 Å². The van der Waals surface area contributed by atoms with Crippen molar-refractivity contribution in [3.8, 4) is 11.4 Å². The molecule has 3 aromatic rings. The van der Waals surface area contributed by atoms with Crippen molar-refractivity contribution in [3.63, 3.8) is 0 Å². The van der Waals surface area contributed by atoms with E-state index in [1.807, 2.05) is 36.1 Å². The van der Waals surface area contributed by atoms with Crippen molar-refractivity contribution in [2.45, 2.75) is 19.9 Å². The maximum Gasteiger partial charge on any atom is 0.356 e. The van der Waals surface area contributed by atoms with Crippen LogP contribution in [0.5, 0.6) is 0 Å². The molecule has 4 rings (SSSR count). The zero-order valence-electron chi connectivity index (χ0n) is 13.9. The van der Waals surface area contributed by atoms with Gasteiger partial charge in [-0.2, -0.15) is 10.1 Å². The highest BCUT2D eigenvalue weighted by atomic mass is 16.5. The van der Waals surface area contributed by atoms with Gasteiger partial charge in [0.05, 0.1) is 6.54 Å². The molecule has 0 saturated heterocycles. The predicted molar refractivity (Wildman–Crippen MR) is 89.4 cm³/mol. The maximum absolute atomic E-state index is 11.4. The molecule has 1 aromatic carbocycles. The molecule has 1 aliphatic rings. The Morgan fingerprint density at radius 3 is 2.76 bits per heavy atom. The quantitative estimate of drug-likeness (QED) is 0.780. The van der Waals surface area contributed by atoms with Crippen molar-refractivity contribution in [2.24, 2.45) is 7.05 Å². The first-order valence-electron chi connectivity index (χ1n) is 7.96. The Morgan fingerprint density at radius 1 is 1.28 bits per heavy atom. The number of carboxylic acids is 1.